The lowest BCUT2D eigenvalue weighted by atomic mass is 10.1. The number of guanidine groups is 1. The fraction of sp³-hybridized carbons (Fsp3) is 0.588. The number of nitrogens with one attached hydrogen (secondary N) is 2. The molecule has 5 heteroatoms. The summed E-state index contributed by atoms with van der Waals surface area (Å²) in [5, 5.41) is 16.0. The van der Waals surface area contributed by atoms with Crippen LogP contribution in [0, 0.1) is 0 Å². The summed E-state index contributed by atoms with van der Waals surface area (Å²) in [5.74, 6) is 1.21. The van der Waals surface area contributed by atoms with Crippen LogP contribution in [0.3, 0.4) is 0 Å². The van der Waals surface area contributed by atoms with Crippen molar-refractivity contribution in [3.63, 3.8) is 0 Å². The van der Waals surface area contributed by atoms with Crippen LogP contribution in [-0.4, -0.2) is 30.7 Å². The van der Waals surface area contributed by atoms with Gasteiger partial charge in [0.05, 0.1) is 0 Å². The number of unbranched alkanes of at least 4 members (excludes halogenated alkanes) is 3. The van der Waals surface area contributed by atoms with Crippen LogP contribution in [0.25, 0.3) is 0 Å². The van der Waals surface area contributed by atoms with Crippen LogP contribution >= 0.6 is 24.0 Å². The van der Waals surface area contributed by atoms with Gasteiger partial charge in [0, 0.05) is 19.6 Å². The molecular weight excluding hydrogens is 389 g/mol. The second-order valence-corrected chi connectivity index (χ2v) is 5.17. The van der Waals surface area contributed by atoms with Gasteiger partial charge in [0.1, 0.15) is 5.75 Å². The number of benzene rings is 1. The Morgan fingerprint density at radius 2 is 1.95 bits per heavy atom. The highest BCUT2D eigenvalue weighted by molar-refractivity contribution is 14.0. The maximum Gasteiger partial charge on any atom is 0.191 e. The second-order valence-electron chi connectivity index (χ2n) is 5.17. The van der Waals surface area contributed by atoms with Crippen molar-refractivity contribution in [2.45, 2.75) is 46.0 Å². The standard InChI is InChI=1S/C17H29N3O.HI/c1-3-5-6-7-12-19-17(18-4-2)20-13-11-15-9-8-10-16(21)14-15;/h8-10,14,21H,3-7,11-13H2,1-2H3,(H2,18,19,20);1H. The minimum atomic E-state index is 0. The molecule has 0 bridgehead atoms. The molecule has 0 aliphatic rings. The van der Waals surface area contributed by atoms with Crippen LogP contribution in [0.5, 0.6) is 5.75 Å². The van der Waals surface area contributed by atoms with Crippen LogP contribution in [0.1, 0.15) is 45.1 Å². The van der Waals surface area contributed by atoms with Crippen LogP contribution in [0.2, 0.25) is 0 Å². The Morgan fingerprint density at radius 3 is 2.64 bits per heavy atom. The Balaban J connectivity index is 0.00000441. The van der Waals surface area contributed by atoms with Gasteiger partial charge in [-0.1, -0.05) is 38.3 Å². The van der Waals surface area contributed by atoms with Gasteiger partial charge in [0.15, 0.2) is 5.96 Å². The highest BCUT2D eigenvalue weighted by Gasteiger charge is 1.98. The van der Waals surface area contributed by atoms with E-state index in [1.54, 1.807) is 12.1 Å². The molecule has 0 aliphatic heterocycles. The topological polar surface area (TPSA) is 56.7 Å². The number of aliphatic imine (C=N–C) groups is 1. The summed E-state index contributed by atoms with van der Waals surface area (Å²) in [4.78, 5) is 4.58. The zero-order valence-electron chi connectivity index (χ0n) is 13.8. The van der Waals surface area contributed by atoms with Crippen molar-refractivity contribution in [3.05, 3.63) is 29.8 Å². The third-order valence-corrected chi connectivity index (χ3v) is 3.24. The van der Waals surface area contributed by atoms with E-state index in [0.717, 1.165) is 44.0 Å². The first kappa shape index (κ1) is 21.0. The van der Waals surface area contributed by atoms with Crippen molar-refractivity contribution in [1.29, 1.82) is 0 Å². The predicted octanol–water partition coefficient (Wildman–Crippen LogP) is 3.69. The van der Waals surface area contributed by atoms with Crippen molar-refractivity contribution in [2.24, 2.45) is 4.99 Å². The van der Waals surface area contributed by atoms with Crippen LogP contribution in [0.15, 0.2) is 29.3 Å². The summed E-state index contributed by atoms with van der Waals surface area (Å²) in [7, 11) is 0. The molecule has 0 spiro atoms. The smallest absolute Gasteiger partial charge is 0.191 e. The van der Waals surface area contributed by atoms with Gasteiger partial charge in [0.25, 0.3) is 0 Å². The molecule has 0 aliphatic carbocycles. The largest absolute Gasteiger partial charge is 0.508 e. The minimum Gasteiger partial charge on any atom is -0.508 e. The molecule has 22 heavy (non-hydrogen) atoms. The summed E-state index contributed by atoms with van der Waals surface area (Å²) in [5.41, 5.74) is 1.13. The number of rotatable bonds is 9. The number of phenols is 1. The average molecular weight is 419 g/mol. The fourth-order valence-electron chi connectivity index (χ4n) is 2.11. The van der Waals surface area contributed by atoms with Crippen molar-refractivity contribution in [1.82, 2.24) is 10.6 Å². The molecule has 0 amide bonds. The number of phenolic OH excluding ortho intramolecular Hbond substituents is 1. The summed E-state index contributed by atoms with van der Waals surface area (Å²) in [6, 6.07) is 7.39. The highest BCUT2D eigenvalue weighted by Crippen LogP contribution is 2.10. The van der Waals surface area contributed by atoms with Gasteiger partial charge in [-0.05, 0) is 37.5 Å². The van der Waals surface area contributed by atoms with E-state index in [-0.39, 0.29) is 24.0 Å². The normalized spacial score (nSPS) is 10.9. The van der Waals surface area contributed by atoms with E-state index in [9.17, 15) is 5.11 Å². The van der Waals surface area contributed by atoms with Gasteiger partial charge in [-0.3, -0.25) is 4.99 Å². The Morgan fingerprint density at radius 1 is 1.14 bits per heavy atom. The summed E-state index contributed by atoms with van der Waals surface area (Å²) in [6.45, 7) is 6.85. The number of hydrogen-bond acceptors (Lipinski definition) is 2. The number of halogens is 1. The van der Waals surface area contributed by atoms with Gasteiger partial charge < -0.3 is 15.7 Å². The molecule has 1 rings (SSSR count). The molecular formula is C17H30IN3O. The molecule has 0 radical (unpaired) electrons. The molecule has 4 nitrogen and oxygen atoms in total. The summed E-state index contributed by atoms with van der Waals surface area (Å²) in [6.07, 6.45) is 5.82. The molecule has 1 aromatic rings. The van der Waals surface area contributed by atoms with Gasteiger partial charge in [-0.2, -0.15) is 0 Å². The first-order valence-corrected chi connectivity index (χ1v) is 8.06. The average Bonchev–Trinajstić information content (AvgIpc) is 2.47. The zero-order valence-corrected chi connectivity index (χ0v) is 16.1. The van der Waals surface area contributed by atoms with Gasteiger partial charge in [-0.15, -0.1) is 24.0 Å². The Bertz CT molecular complexity index is 424. The highest BCUT2D eigenvalue weighted by atomic mass is 127. The van der Waals surface area contributed by atoms with Crippen molar-refractivity contribution < 1.29 is 5.11 Å². The number of hydrogen-bond donors (Lipinski definition) is 3. The molecule has 0 saturated heterocycles. The molecule has 0 heterocycles. The molecule has 3 N–H and O–H groups in total. The predicted molar refractivity (Wildman–Crippen MR) is 105 cm³/mol. The van der Waals surface area contributed by atoms with Crippen molar-refractivity contribution in [2.75, 3.05) is 19.6 Å². The Labute approximate surface area is 151 Å². The lowest BCUT2D eigenvalue weighted by Crippen LogP contribution is -2.38. The van der Waals surface area contributed by atoms with E-state index < -0.39 is 0 Å². The Hall–Kier alpha value is -0.980. The summed E-state index contributed by atoms with van der Waals surface area (Å²) >= 11 is 0. The van der Waals surface area contributed by atoms with Crippen LogP contribution in [0.4, 0.5) is 0 Å². The van der Waals surface area contributed by atoms with Gasteiger partial charge in [0.2, 0.25) is 0 Å². The first-order valence-electron chi connectivity index (χ1n) is 8.06. The van der Waals surface area contributed by atoms with Gasteiger partial charge >= 0.3 is 0 Å². The van der Waals surface area contributed by atoms with E-state index in [2.05, 4.69) is 29.5 Å². The maximum absolute atomic E-state index is 9.44. The minimum absolute atomic E-state index is 0. The van der Waals surface area contributed by atoms with Gasteiger partial charge in [-0.25, -0.2) is 0 Å². The van der Waals surface area contributed by atoms with Crippen LogP contribution < -0.4 is 10.6 Å². The van der Waals surface area contributed by atoms with Crippen molar-refractivity contribution >= 4 is 29.9 Å². The zero-order chi connectivity index (χ0) is 15.3. The maximum atomic E-state index is 9.44. The Kier molecular flexibility index (Phi) is 13.1. The van der Waals surface area contributed by atoms with Crippen molar-refractivity contribution in [3.8, 4) is 5.75 Å². The number of aromatic hydroxyl groups is 1. The SMILES string of the molecule is CCCCCCN=C(NCC)NCCc1cccc(O)c1.I. The monoisotopic (exact) mass is 419 g/mol. The second kappa shape index (κ2) is 13.7. The lowest BCUT2D eigenvalue weighted by Gasteiger charge is -2.11. The van der Waals surface area contributed by atoms with Crippen LogP contribution in [-0.2, 0) is 6.42 Å². The molecule has 0 fully saturated rings. The third kappa shape index (κ3) is 9.87. The van der Waals surface area contributed by atoms with E-state index in [1.807, 2.05) is 12.1 Å². The fourth-order valence-corrected chi connectivity index (χ4v) is 2.11. The third-order valence-electron chi connectivity index (χ3n) is 3.24. The molecule has 0 saturated carbocycles. The van der Waals surface area contributed by atoms with E-state index >= 15 is 0 Å². The summed E-state index contributed by atoms with van der Waals surface area (Å²) < 4.78 is 0. The molecule has 0 atom stereocenters. The van der Waals surface area contributed by atoms with E-state index in [4.69, 9.17) is 0 Å². The lowest BCUT2D eigenvalue weighted by molar-refractivity contribution is 0.474. The van der Waals surface area contributed by atoms with E-state index in [0.29, 0.717) is 5.75 Å². The molecule has 1 aromatic carbocycles. The van der Waals surface area contributed by atoms with E-state index in [1.165, 1.54) is 19.3 Å². The number of nitrogens with zero attached hydrogens (tertiary/aromatic N) is 1. The molecule has 0 unspecified atom stereocenters. The quantitative estimate of drug-likeness (QED) is 0.248. The molecule has 126 valence electrons. The molecule has 0 aromatic heterocycles. The first-order chi connectivity index (χ1) is 10.3.